The number of hydrogen-bond acceptors (Lipinski definition) is 1. The van der Waals surface area contributed by atoms with Gasteiger partial charge >= 0.3 is 0 Å². The predicted molar refractivity (Wildman–Crippen MR) is 123 cm³/mol. The first kappa shape index (κ1) is 20.2. The number of nitrogens with zero attached hydrogens (tertiary/aromatic N) is 1. The summed E-state index contributed by atoms with van der Waals surface area (Å²) < 4.78 is 0. The zero-order valence-electron chi connectivity index (χ0n) is 18.0. The lowest BCUT2D eigenvalue weighted by atomic mass is 9.78. The molecule has 0 atom stereocenters. The molecule has 1 heteroatoms. The number of aryl methyl sites for hydroxylation is 2. The van der Waals surface area contributed by atoms with Gasteiger partial charge in [-0.15, -0.1) is 0 Å². The van der Waals surface area contributed by atoms with E-state index in [9.17, 15) is 0 Å². The Morgan fingerprint density at radius 1 is 0.643 bits per heavy atom. The molecule has 0 saturated carbocycles. The van der Waals surface area contributed by atoms with Crippen molar-refractivity contribution in [3.8, 4) is 0 Å². The molecule has 0 spiro atoms. The number of anilines is 3. The molecule has 3 rings (SSSR count). The number of rotatable bonds is 7. The van der Waals surface area contributed by atoms with E-state index >= 15 is 0 Å². The highest BCUT2D eigenvalue weighted by atomic mass is 15.1. The Labute approximate surface area is 171 Å². The van der Waals surface area contributed by atoms with Gasteiger partial charge in [-0.3, -0.25) is 0 Å². The average molecular weight is 372 g/mol. The topological polar surface area (TPSA) is 3.24 Å². The van der Waals surface area contributed by atoms with E-state index in [-0.39, 0.29) is 5.41 Å². The smallest absolute Gasteiger partial charge is 0.0461 e. The van der Waals surface area contributed by atoms with Crippen LogP contribution in [-0.4, -0.2) is 0 Å². The molecule has 0 amide bonds. The Kier molecular flexibility index (Phi) is 6.24. The van der Waals surface area contributed by atoms with Crippen molar-refractivity contribution in [2.24, 2.45) is 0 Å². The molecule has 0 heterocycles. The maximum Gasteiger partial charge on any atom is 0.0461 e. The second-order valence-electron chi connectivity index (χ2n) is 8.01. The van der Waals surface area contributed by atoms with Crippen molar-refractivity contribution in [3.05, 3.63) is 89.5 Å². The second kappa shape index (κ2) is 8.65. The zero-order chi connectivity index (χ0) is 20.1. The Balaban J connectivity index is 2.04. The Morgan fingerprint density at radius 3 is 1.50 bits per heavy atom. The van der Waals surface area contributed by atoms with Crippen molar-refractivity contribution in [1.82, 2.24) is 0 Å². The van der Waals surface area contributed by atoms with Crippen molar-refractivity contribution in [2.75, 3.05) is 4.90 Å². The molecule has 0 aliphatic heterocycles. The Bertz CT molecular complexity index is 869. The Hall–Kier alpha value is -2.54. The standard InChI is InChI=1S/C27H33N/c1-6-22-11-17-25(18-12-22)28(24-15-9-21(4)10-16-24)26-19-13-23(14-20-26)27(5,7-2)8-3/h9-20H,6-8H2,1-5H3. The van der Waals surface area contributed by atoms with Gasteiger partial charge in [0.25, 0.3) is 0 Å². The molecule has 0 radical (unpaired) electrons. The van der Waals surface area contributed by atoms with Crippen LogP contribution in [0.3, 0.4) is 0 Å². The third-order valence-corrected chi connectivity index (χ3v) is 6.28. The van der Waals surface area contributed by atoms with Crippen molar-refractivity contribution >= 4 is 17.1 Å². The first-order valence-electron chi connectivity index (χ1n) is 10.6. The van der Waals surface area contributed by atoms with E-state index in [1.807, 2.05) is 0 Å². The highest BCUT2D eigenvalue weighted by molar-refractivity contribution is 5.76. The van der Waals surface area contributed by atoms with Gasteiger partial charge in [0.15, 0.2) is 0 Å². The largest absolute Gasteiger partial charge is 0.311 e. The fraction of sp³-hybridized carbons (Fsp3) is 0.333. The summed E-state index contributed by atoms with van der Waals surface area (Å²) in [7, 11) is 0. The molecule has 146 valence electrons. The van der Waals surface area contributed by atoms with Crippen LogP contribution in [0, 0.1) is 6.92 Å². The highest BCUT2D eigenvalue weighted by Gasteiger charge is 2.22. The van der Waals surface area contributed by atoms with Gasteiger partial charge in [0, 0.05) is 17.1 Å². The molecule has 3 aromatic carbocycles. The average Bonchev–Trinajstić information content (AvgIpc) is 2.75. The van der Waals surface area contributed by atoms with Crippen LogP contribution in [0.4, 0.5) is 17.1 Å². The molecule has 28 heavy (non-hydrogen) atoms. The fourth-order valence-corrected chi connectivity index (χ4v) is 3.69. The molecular weight excluding hydrogens is 338 g/mol. The van der Waals surface area contributed by atoms with Crippen molar-refractivity contribution in [3.63, 3.8) is 0 Å². The van der Waals surface area contributed by atoms with Crippen LogP contribution in [-0.2, 0) is 11.8 Å². The van der Waals surface area contributed by atoms with E-state index < -0.39 is 0 Å². The summed E-state index contributed by atoms with van der Waals surface area (Å²) in [4.78, 5) is 2.35. The van der Waals surface area contributed by atoms with E-state index in [4.69, 9.17) is 0 Å². The van der Waals surface area contributed by atoms with Crippen molar-refractivity contribution < 1.29 is 0 Å². The zero-order valence-corrected chi connectivity index (χ0v) is 18.0. The van der Waals surface area contributed by atoms with E-state index in [0.29, 0.717) is 0 Å². The number of benzene rings is 3. The molecule has 0 bridgehead atoms. The van der Waals surface area contributed by atoms with E-state index in [1.54, 1.807) is 0 Å². The third-order valence-electron chi connectivity index (χ3n) is 6.28. The van der Waals surface area contributed by atoms with Gasteiger partial charge in [0.05, 0.1) is 0 Å². The molecule has 0 aliphatic rings. The van der Waals surface area contributed by atoms with Crippen molar-refractivity contribution in [1.29, 1.82) is 0 Å². The summed E-state index contributed by atoms with van der Waals surface area (Å²) >= 11 is 0. The van der Waals surface area contributed by atoms with Crippen LogP contribution in [0.2, 0.25) is 0 Å². The molecule has 0 saturated heterocycles. The van der Waals surface area contributed by atoms with Crippen LogP contribution in [0.15, 0.2) is 72.8 Å². The minimum absolute atomic E-state index is 0.246. The lowest BCUT2D eigenvalue weighted by Gasteiger charge is -2.29. The lowest BCUT2D eigenvalue weighted by Crippen LogP contribution is -2.19. The van der Waals surface area contributed by atoms with Crippen LogP contribution < -0.4 is 4.90 Å². The molecule has 1 nitrogen and oxygen atoms in total. The molecular formula is C27H33N. The maximum atomic E-state index is 2.36. The second-order valence-corrected chi connectivity index (χ2v) is 8.01. The summed E-state index contributed by atoms with van der Waals surface area (Å²) in [6, 6.07) is 26.9. The van der Waals surface area contributed by atoms with Crippen LogP contribution >= 0.6 is 0 Å². The van der Waals surface area contributed by atoms with Gasteiger partial charge in [-0.25, -0.2) is 0 Å². The van der Waals surface area contributed by atoms with E-state index in [2.05, 4.69) is 112 Å². The SMILES string of the molecule is CCc1ccc(N(c2ccc(C)cc2)c2ccc(C(C)(CC)CC)cc2)cc1. The van der Waals surface area contributed by atoms with Crippen molar-refractivity contribution in [2.45, 2.75) is 59.3 Å². The highest BCUT2D eigenvalue weighted by Crippen LogP contribution is 2.37. The van der Waals surface area contributed by atoms with E-state index in [1.165, 1.54) is 33.8 Å². The predicted octanol–water partition coefficient (Wildman–Crippen LogP) is 8.10. The minimum atomic E-state index is 0.246. The summed E-state index contributed by atoms with van der Waals surface area (Å²) in [5, 5.41) is 0. The van der Waals surface area contributed by atoms with Crippen LogP contribution in [0.1, 0.15) is 57.2 Å². The quantitative estimate of drug-likeness (QED) is 0.405. The van der Waals surface area contributed by atoms with Gasteiger partial charge < -0.3 is 4.90 Å². The van der Waals surface area contributed by atoms with Gasteiger partial charge in [-0.1, -0.05) is 69.7 Å². The van der Waals surface area contributed by atoms with Gasteiger partial charge in [0.2, 0.25) is 0 Å². The monoisotopic (exact) mass is 371 g/mol. The summed E-state index contributed by atoms with van der Waals surface area (Å²) in [5.74, 6) is 0. The van der Waals surface area contributed by atoms with Crippen LogP contribution in [0.5, 0.6) is 0 Å². The van der Waals surface area contributed by atoms with Gasteiger partial charge in [-0.2, -0.15) is 0 Å². The Morgan fingerprint density at radius 2 is 1.07 bits per heavy atom. The molecule has 0 aliphatic carbocycles. The lowest BCUT2D eigenvalue weighted by molar-refractivity contribution is 0.439. The summed E-state index contributed by atoms with van der Waals surface area (Å²) in [6.45, 7) is 11.3. The third kappa shape index (κ3) is 4.14. The molecule has 0 fully saturated rings. The normalized spacial score (nSPS) is 11.5. The summed E-state index contributed by atoms with van der Waals surface area (Å²) in [5.41, 5.74) is 7.90. The number of hydrogen-bond donors (Lipinski definition) is 0. The molecule has 0 N–H and O–H groups in total. The first-order valence-corrected chi connectivity index (χ1v) is 10.6. The molecule has 0 aromatic heterocycles. The molecule has 0 unspecified atom stereocenters. The fourth-order valence-electron chi connectivity index (χ4n) is 3.69. The molecule has 3 aromatic rings. The minimum Gasteiger partial charge on any atom is -0.311 e. The van der Waals surface area contributed by atoms with E-state index in [0.717, 1.165) is 19.3 Å². The van der Waals surface area contributed by atoms with Gasteiger partial charge in [0.1, 0.15) is 0 Å². The maximum absolute atomic E-state index is 2.36. The summed E-state index contributed by atoms with van der Waals surface area (Å²) in [6.07, 6.45) is 3.37. The van der Waals surface area contributed by atoms with Gasteiger partial charge in [-0.05, 0) is 79.1 Å². The van der Waals surface area contributed by atoms with Crippen LogP contribution in [0.25, 0.3) is 0 Å². The first-order chi connectivity index (χ1) is 13.5.